The number of halogens is 2. The molecular formula is C9H9Cl2NO. The monoisotopic (exact) mass is 217 g/mol. The zero-order valence-electron chi connectivity index (χ0n) is 7.61. The predicted molar refractivity (Wildman–Crippen MR) is 53.6 cm³/mol. The zero-order chi connectivity index (χ0) is 10.2. The van der Waals surface area contributed by atoms with E-state index >= 15 is 0 Å². The van der Waals surface area contributed by atoms with Gasteiger partial charge in [-0.15, -0.1) is 0 Å². The molecule has 2 nitrogen and oxygen atoms in total. The van der Waals surface area contributed by atoms with Gasteiger partial charge in [0.25, 0.3) is 5.24 Å². The fraction of sp³-hybridized carbons (Fsp3) is 0.333. The van der Waals surface area contributed by atoms with Gasteiger partial charge in [-0.05, 0) is 43.5 Å². The van der Waals surface area contributed by atoms with Gasteiger partial charge in [0, 0.05) is 0 Å². The van der Waals surface area contributed by atoms with Gasteiger partial charge in [0.15, 0.2) is 0 Å². The molecule has 0 aliphatic carbocycles. The summed E-state index contributed by atoms with van der Waals surface area (Å²) in [7, 11) is 0. The number of hydrogen-bond donors (Lipinski definition) is 0. The summed E-state index contributed by atoms with van der Waals surface area (Å²) in [4.78, 5) is 15.0. The largest absolute Gasteiger partial charge is 0.276 e. The Kier molecular flexibility index (Phi) is 2.94. The van der Waals surface area contributed by atoms with Crippen molar-refractivity contribution in [3.63, 3.8) is 0 Å². The van der Waals surface area contributed by atoms with E-state index in [0.717, 1.165) is 11.1 Å². The Morgan fingerprint density at radius 3 is 2.23 bits per heavy atom. The van der Waals surface area contributed by atoms with Crippen molar-refractivity contribution in [1.82, 2.24) is 4.98 Å². The number of hydrogen-bond acceptors (Lipinski definition) is 2. The highest BCUT2D eigenvalue weighted by Crippen LogP contribution is 2.23. The van der Waals surface area contributed by atoms with Crippen LogP contribution < -0.4 is 0 Å². The smallest absolute Gasteiger partial charge is 0.254 e. The van der Waals surface area contributed by atoms with Crippen LogP contribution in [-0.4, -0.2) is 10.2 Å². The summed E-state index contributed by atoms with van der Waals surface area (Å²) in [5.74, 6) is 0. The molecule has 1 rings (SSSR count). The first kappa shape index (κ1) is 10.5. The Hall–Kier alpha value is -0.600. The van der Waals surface area contributed by atoms with E-state index in [1.807, 2.05) is 13.8 Å². The molecule has 0 bridgehead atoms. The summed E-state index contributed by atoms with van der Waals surface area (Å²) in [6.07, 6.45) is 0. The van der Waals surface area contributed by atoms with Gasteiger partial charge in [0.05, 0.1) is 11.3 Å². The third-order valence-electron chi connectivity index (χ3n) is 2.07. The van der Waals surface area contributed by atoms with E-state index in [1.165, 1.54) is 0 Å². The Morgan fingerprint density at radius 2 is 1.77 bits per heavy atom. The summed E-state index contributed by atoms with van der Waals surface area (Å²) in [6.45, 7) is 5.34. The van der Waals surface area contributed by atoms with Gasteiger partial charge in [-0.3, -0.25) is 4.79 Å². The second-order valence-electron chi connectivity index (χ2n) is 2.89. The lowest BCUT2D eigenvalue weighted by atomic mass is 10.1. The van der Waals surface area contributed by atoms with E-state index in [0.29, 0.717) is 16.4 Å². The van der Waals surface area contributed by atoms with E-state index in [1.54, 1.807) is 6.92 Å². The maximum Gasteiger partial charge on any atom is 0.254 e. The van der Waals surface area contributed by atoms with Crippen LogP contribution in [0.15, 0.2) is 0 Å². The molecule has 0 saturated carbocycles. The van der Waals surface area contributed by atoms with Gasteiger partial charge in [0.2, 0.25) is 0 Å². The molecule has 1 heterocycles. The van der Waals surface area contributed by atoms with Crippen LogP contribution in [0.1, 0.15) is 27.2 Å². The normalized spacial score (nSPS) is 10.2. The fourth-order valence-corrected chi connectivity index (χ4v) is 1.74. The van der Waals surface area contributed by atoms with Crippen molar-refractivity contribution < 1.29 is 4.79 Å². The minimum absolute atomic E-state index is 0.427. The molecule has 13 heavy (non-hydrogen) atoms. The van der Waals surface area contributed by atoms with Crippen LogP contribution in [0.25, 0.3) is 0 Å². The highest BCUT2D eigenvalue weighted by molar-refractivity contribution is 6.68. The zero-order valence-corrected chi connectivity index (χ0v) is 9.12. The van der Waals surface area contributed by atoms with Crippen LogP contribution in [-0.2, 0) is 0 Å². The molecule has 0 radical (unpaired) electrons. The van der Waals surface area contributed by atoms with Crippen LogP contribution in [0.4, 0.5) is 0 Å². The Balaban J connectivity index is 3.53. The first-order valence-electron chi connectivity index (χ1n) is 3.78. The molecule has 0 amide bonds. The minimum Gasteiger partial charge on any atom is -0.276 e. The number of aromatic nitrogens is 1. The number of carbonyl (C=O) groups is 1. The van der Waals surface area contributed by atoms with E-state index in [9.17, 15) is 4.79 Å². The van der Waals surface area contributed by atoms with Crippen molar-refractivity contribution >= 4 is 28.4 Å². The van der Waals surface area contributed by atoms with Gasteiger partial charge in [-0.1, -0.05) is 11.6 Å². The third kappa shape index (κ3) is 1.84. The molecule has 0 spiro atoms. The second kappa shape index (κ2) is 3.64. The molecule has 4 heteroatoms. The van der Waals surface area contributed by atoms with Crippen LogP contribution in [0.2, 0.25) is 5.15 Å². The summed E-state index contributed by atoms with van der Waals surface area (Å²) in [6, 6.07) is 0. The summed E-state index contributed by atoms with van der Waals surface area (Å²) < 4.78 is 0. The number of carbonyl (C=O) groups excluding carboxylic acids is 1. The Morgan fingerprint density at radius 1 is 1.23 bits per heavy atom. The molecule has 0 atom stereocenters. The minimum atomic E-state index is -0.484. The maximum atomic E-state index is 11.0. The molecule has 0 saturated heterocycles. The van der Waals surface area contributed by atoms with Crippen LogP contribution >= 0.6 is 23.2 Å². The van der Waals surface area contributed by atoms with E-state index in [2.05, 4.69) is 4.98 Å². The Labute approximate surface area is 86.9 Å². The topological polar surface area (TPSA) is 30.0 Å². The second-order valence-corrected chi connectivity index (χ2v) is 3.59. The van der Waals surface area contributed by atoms with Gasteiger partial charge < -0.3 is 0 Å². The lowest BCUT2D eigenvalue weighted by Crippen LogP contribution is -2.03. The summed E-state index contributed by atoms with van der Waals surface area (Å²) >= 11 is 11.2. The number of rotatable bonds is 1. The van der Waals surface area contributed by atoms with Gasteiger partial charge in [0.1, 0.15) is 5.15 Å². The molecule has 70 valence electrons. The van der Waals surface area contributed by atoms with Crippen LogP contribution in [0.5, 0.6) is 0 Å². The highest BCUT2D eigenvalue weighted by atomic mass is 35.5. The molecule has 1 aromatic heterocycles. The number of pyridine rings is 1. The third-order valence-corrected chi connectivity index (χ3v) is 2.63. The molecule has 0 aromatic carbocycles. The molecule has 0 aliphatic heterocycles. The van der Waals surface area contributed by atoms with E-state index in [-0.39, 0.29) is 0 Å². The van der Waals surface area contributed by atoms with Crippen molar-refractivity contribution in [2.24, 2.45) is 0 Å². The van der Waals surface area contributed by atoms with Gasteiger partial charge in [-0.2, -0.15) is 0 Å². The fourth-order valence-electron chi connectivity index (χ4n) is 1.19. The predicted octanol–water partition coefficient (Wildman–Crippen LogP) is 3.04. The lowest BCUT2D eigenvalue weighted by molar-refractivity contribution is 0.108. The average Bonchev–Trinajstić information content (AvgIpc) is 1.99. The molecule has 0 aliphatic rings. The van der Waals surface area contributed by atoms with Crippen LogP contribution in [0, 0.1) is 20.8 Å². The summed E-state index contributed by atoms with van der Waals surface area (Å²) in [5, 5.41) is -0.0565. The maximum absolute atomic E-state index is 11.0. The lowest BCUT2D eigenvalue weighted by Gasteiger charge is -2.08. The van der Waals surface area contributed by atoms with Crippen molar-refractivity contribution in [3.05, 3.63) is 27.5 Å². The van der Waals surface area contributed by atoms with Crippen molar-refractivity contribution in [2.75, 3.05) is 0 Å². The first-order chi connectivity index (χ1) is 5.95. The first-order valence-corrected chi connectivity index (χ1v) is 4.54. The quantitative estimate of drug-likeness (QED) is 0.535. The SMILES string of the molecule is Cc1nc(Cl)c(C)c(C)c1C(=O)Cl. The standard InChI is InChI=1S/C9H9Cl2NO/c1-4-5(2)8(10)12-6(3)7(4)9(11)13/h1-3H3. The molecule has 0 unspecified atom stereocenters. The van der Waals surface area contributed by atoms with Crippen LogP contribution in [0.3, 0.4) is 0 Å². The van der Waals surface area contributed by atoms with E-state index in [4.69, 9.17) is 23.2 Å². The van der Waals surface area contributed by atoms with Gasteiger partial charge in [-0.25, -0.2) is 4.98 Å². The molecule has 0 N–H and O–H groups in total. The Bertz CT molecular complexity index is 374. The molecule has 0 fully saturated rings. The van der Waals surface area contributed by atoms with Crippen molar-refractivity contribution in [2.45, 2.75) is 20.8 Å². The number of nitrogens with zero attached hydrogens (tertiary/aromatic N) is 1. The molecular weight excluding hydrogens is 209 g/mol. The summed E-state index contributed by atoms with van der Waals surface area (Å²) in [5.41, 5.74) is 2.64. The van der Waals surface area contributed by atoms with Crippen molar-refractivity contribution in [1.29, 1.82) is 0 Å². The van der Waals surface area contributed by atoms with E-state index < -0.39 is 5.24 Å². The molecule has 1 aromatic rings. The highest BCUT2D eigenvalue weighted by Gasteiger charge is 2.14. The van der Waals surface area contributed by atoms with Gasteiger partial charge >= 0.3 is 0 Å². The number of aryl methyl sites for hydroxylation is 1. The average molecular weight is 218 g/mol. The van der Waals surface area contributed by atoms with Crippen molar-refractivity contribution in [3.8, 4) is 0 Å².